The van der Waals surface area contributed by atoms with Crippen molar-refractivity contribution in [3.63, 3.8) is 0 Å². The van der Waals surface area contributed by atoms with Gasteiger partial charge in [-0.3, -0.25) is 0 Å². The number of nitrogens with one attached hydrogen (secondary N) is 2. The molecule has 0 saturated carbocycles. The molecule has 0 fully saturated rings. The van der Waals surface area contributed by atoms with Crippen LogP contribution in [0, 0.1) is 5.82 Å². The lowest BCUT2D eigenvalue weighted by Crippen LogP contribution is -2.36. The third kappa shape index (κ3) is 5.67. The van der Waals surface area contributed by atoms with Gasteiger partial charge in [0.05, 0.1) is 20.8 Å². The molecule has 2 aromatic rings. The first-order valence-corrected chi connectivity index (χ1v) is 8.13. The fraction of sp³-hybridized carbons (Fsp3) is 0.316. The lowest BCUT2D eigenvalue weighted by atomic mass is 10.2. The lowest BCUT2D eigenvalue weighted by molar-refractivity contribution is 0.386. The molecule has 0 saturated heterocycles. The molecule has 0 unspecified atom stereocenters. The molecular formula is C19H24FN3O2. The van der Waals surface area contributed by atoms with Gasteiger partial charge in [0.2, 0.25) is 0 Å². The second kappa shape index (κ2) is 9.52. The molecule has 0 amide bonds. The summed E-state index contributed by atoms with van der Waals surface area (Å²) in [5.41, 5.74) is 1.86. The van der Waals surface area contributed by atoms with E-state index in [-0.39, 0.29) is 11.6 Å². The summed E-state index contributed by atoms with van der Waals surface area (Å²) < 4.78 is 23.9. The fourth-order valence-corrected chi connectivity index (χ4v) is 2.29. The van der Waals surface area contributed by atoms with E-state index in [2.05, 4.69) is 15.6 Å². The van der Waals surface area contributed by atoms with Crippen LogP contribution in [0.15, 0.2) is 47.5 Å². The lowest BCUT2D eigenvalue weighted by Gasteiger charge is -2.12. The molecule has 2 rings (SSSR count). The van der Waals surface area contributed by atoms with Crippen LogP contribution in [-0.2, 0) is 13.1 Å². The molecule has 2 aromatic carbocycles. The number of methoxy groups -OCH3 is 2. The van der Waals surface area contributed by atoms with Gasteiger partial charge < -0.3 is 20.1 Å². The number of halogens is 1. The van der Waals surface area contributed by atoms with Crippen molar-refractivity contribution in [1.82, 2.24) is 10.6 Å². The first-order chi connectivity index (χ1) is 12.2. The smallest absolute Gasteiger partial charge is 0.191 e. The molecule has 0 bridgehead atoms. The number of guanidine groups is 1. The molecular weight excluding hydrogens is 321 g/mol. The van der Waals surface area contributed by atoms with Gasteiger partial charge in [0.1, 0.15) is 5.75 Å². The summed E-state index contributed by atoms with van der Waals surface area (Å²) in [6.07, 6.45) is 0. The van der Waals surface area contributed by atoms with Crippen molar-refractivity contribution in [2.75, 3.05) is 20.8 Å². The van der Waals surface area contributed by atoms with Crippen molar-refractivity contribution in [3.05, 3.63) is 59.4 Å². The molecule has 0 atom stereocenters. The van der Waals surface area contributed by atoms with Crippen molar-refractivity contribution in [2.24, 2.45) is 4.99 Å². The number of nitrogens with zero attached hydrogens (tertiary/aromatic N) is 1. The zero-order valence-electron chi connectivity index (χ0n) is 14.8. The van der Waals surface area contributed by atoms with E-state index in [1.807, 2.05) is 37.3 Å². The summed E-state index contributed by atoms with van der Waals surface area (Å²) in [5, 5.41) is 6.38. The van der Waals surface area contributed by atoms with Crippen molar-refractivity contribution in [2.45, 2.75) is 20.0 Å². The van der Waals surface area contributed by atoms with Gasteiger partial charge in [-0.1, -0.05) is 18.2 Å². The first-order valence-electron chi connectivity index (χ1n) is 8.13. The predicted octanol–water partition coefficient (Wildman–Crippen LogP) is 3.10. The van der Waals surface area contributed by atoms with Crippen molar-refractivity contribution in [3.8, 4) is 11.5 Å². The summed E-state index contributed by atoms with van der Waals surface area (Å²) in [5.74, 6) is 1.34. The molecule has 0 aromatic heterocycles. The minimum atomic E-state index is -0.375. The van der Waals surface area contributed by atoms with Gasteiger partial charge in [-0.25, -0.2) is 9.38 Å². The van der Waals surface area contributed by atoms with E-state index in [0.717, 1.165) is 23.4 Å². The highest BCUT2D eigenvalue weighted by atomic mass is 19.1. The summed E-state index contributed by atoms with van der Waals surface area (Å²) in [4.78, 5) is 4.55. The van der Waals surface area contributed by atoms with Crippen LogP contribution in [0.5, 0.6) is 11.5 Å². The third-order valence-electron chi connectivity index (χ3n) is 3.57. The molecule has 0 aliphatic heterocycles. The Hall–Kier alpha value is -2.76. The Bertz CT molecular complexity index is 720. The largest absolute Gasteiger partial charge is 0.497 e. The second-order valence-electron chi connectivity index (χ2n) is 5.37. The van der Waals surface area contributed by atoms with Crippen LogP contribution in [0.4, 0.5) is 4.39 Å². The molecule has 5 nitrogen and oxygen atoms in total. The highest BCUT2D eigenvalue weighted by Crippen LogP contribution is 2.17. The maximum atomic E-state index is 13.8. The summed E-state index contributed by atoms with van der Waals surface area (Å²) >= 11 is 0. The monoisotopic (exact) mass is 345 g/mol. The standard InChI is InChI=1S/C19H24FN3O2/c1-4-21-19(22-12-14-6-5-7-16(10-14)24-2)23-13-15-8-9-18(25-3)17(20)11-15/h5-11H,4,12-13H2,1-3H3,(H2,21,22,23). The van der Waals surface area contributed by atoms with E-state index >= 15 is 0 Å². The van der Waals surface area contributed by atoms with E-state index in [1.54, 1.807) is 13.2 Å². The summed E-state index contributed by atoms with van der Waals surface area (Å²) in [6, 6.07) is 12.7. The summed E-state index contributed by atoms with van der Waals surface area (Å²) in [7, 11) is 3.09. The third-order valence-corrected chi connectivity index (χ3v) is 3.57. The molecule has 6 heteroatoms. The average Bonchev–Trinajstić information content (AvgIpc) is 2.64. The summed E-state index contributed by atoms with van der Waals surface area (Å²) in [6.45, 7) is 3.71. The SMILES string of the molecule is CCNC(=NCc1cccc(OC)c1)NCc1ccc(OC)c(F)c1. The molecule has 0 aliphatic rings. The zero-order chi connectivity index (χ0) is 18.1. The van der Waals surface area contributed by atoms with E-state index in [9.17, 15) is 4.39 Å². The highest BCUT2D eigenvalue weighted by Gasteiger charge is 2.04. The van der Waals surface area contributed by atoms with E-state index in [1.165, 1.54) is 13.2 Å². The number of hydrogen-bond acceptors (Lipinski definition) is 3. The van der Waals surface area contributed by atoms with Crippen molar-refractivity contribution >= 4 is 5.96 Å². The predicted molar refractivity (Wildman–Crippen MR) is 97.6 cm³/mol. The van der Waals surface area contributed by atoms with Gasteiger partial charge in [0.25, 0.3) is 0 Å². The van der Waals surface area contributed by atoms with Gasteiger partial charge in [0.15, 0.2) is 17.5 Å². The van der Waals surface area contributed by atoms with Gasteiger partial charge in [0, 0.05) is 13.1 Å². The van der Waals surface area contributed by atoms with Gasteiger partial charge in [-0.15, -0.1) is 0 Å². The van der Waals surface area contributed by atoms with Crippen molar-refractivity contribution < 1.29 is 13.9 Å². The number of benzene rings is 2. The van der Waals surface area contributed by atoms with Gasteiger partial charge >= 0.3 is 0 Å². The van der Waals surface area contributed by atoms with E-state index in [0.29, 0.717) is 19.0 Å². The average molecular weight is 345 g/mol. The molecule has 0 aliphatic carbocycles. The Balaban J connectivity index is 2.00. The van der Waals surface area contributed by atoms with Crippen LogP contribution in [0.25, 0.3) is 0 Å². The molecule has 25 heavy (non-hydrogen) atoms. The number of hydrogen-bond donors (Lipinski definition) is 2. The van der Waals surface area contributed by atoms with E-state index in [4.69, 9.17) is 9.47 Å². The number of aliphatic imine (C=N–C) groups is 1. The molecule has 2 N–H and O–H groups in total. The highest BCUT2D eigenvalue weighted by molar-refractivity contribution is 5.79. The van der Waals surface area contributed by atoms with Crippen molar-refractivity contribution in [1.29, 1.82) is 0 Å². The quantitative estimate of drug-likeness (QED) is 0.598. The van der Waals surface area contributed by atoms with Crippen LogP contribution < -0.4 is 20.1 Å². The second-order valence-corrected chi connectivity index (χ2v) is 5.37. The maximum Gasteiger partial charge on any atom is 0.191 e. The van der Waals surface area contributed by atoms with Crippen LogP contribution in [-0.4, -0.2) is 26.7 Å². The molecule has 0 heterocycles. The van der Waals surface area contributed by atoms with Gasteiger partial charge in [-0.2, -0.15) is 0 Å². The Morgan fingerprint density at radius 2 is 1.88 bits per heavy atom. The Morgan fingerprint density at radius 3 is 2.56 bits per heavy atom. The molecule has 0 radical (unpaired) electrons. The normalized spacial score (nSPS) is 11.1. The topological polar surface area (TPSA) is 54.9 Å². The maximum absolute atomic E-state index is 13.8. The van der Waals surface area contributed by atoms with Crippen LogP contribution >= 0.6 is 0 Å². The Labute approximate surface area is 147 Å². The fourth-order valence-electron chi connectivity index (χ4n) is 2.29. The van der Waals surface area contributed by atoms with Crippen LogP contribution in [0.3, 0.4) is 0 Å². The van der Waals surface area contributed by atoms with E-state index < -0.39 is 0 Å². The number of rotatable bonds is 7. The first kappa shape index (κ1) is 18.6. The Kier molecular flexibility index (Phi) is 7.07. The Morgan fingerprint density at radius 1 is 1.04 bits per heavy atom. The zero-order valence-corrected chi connectivity index (χ0v) is 14.8. The van der Waals surface area contributed by atoms with Crippen LogP contribution in [0.2, 0.25) is 0 Å². The number of ether oxygens (including phenoxy) is 2. The van der Waals surface area contributed by atoms with Crippen LogP contribution in [0.1, 0.15) is 18.1 Å². The minimum absolute atomic E-state index is 0.238. The molecule has 0 spiro atoms. The molecule has 134 valence electrons. The van der Waals surface area contributed by atoms with Gasteiger partial charge in [-0.05, 0) is 42.3 Å². The minimum Gasteiger partial charge on any atom is -0.497 e.